The van der Waals surface area contributed by atoms with E-state index < -0.39 is 5.97 Å². The van der Waals surface area contributed by atoms with Crippen molar-refractivity contribution in [3.05, 3.63) is 29.0 Å². The minimum Gasteiger partial charge on any atom is -0.476 e. The van der Waals surface area contributed by atoms with E-state index >= 15 is 0 Å². The number of thiophene rings is 1. The number of nitrogens with zero attached hydrogens (tertiary/aromatic N) is 1. The van der Waals surface area contributed by atoms with Gasteiger partial charge in [-0.15, -0.1) is 11.3 Å². The highest BCUT2D eigenvalue weighted by molar-refractivity contribution is 7.13. The lowest BCUT2D eigenvalue weighted by Gasteiger charge is -2.06. The van der Waals surface area contributed by atoms with Crippen LogP contribution in [0.1, 0.15) is 48.9 Å². The first-order chi connectivity index (χ1) is 8.63. The zero-order valence-corrected chi connectivity index (χ0v) is 11.2. The molecular weight excluding hydrogens is 250 g/mol. The fourth-order valence-electron chi connectivity index (χ4n) is 1.89. The van der Waals surface area contributed by atoms with E-state index in [4.69, 9.17) is 4.42 Å². The Balaban J connectivity index is 2.42. The van der Waals surface area contributed by atoms with Gasteiger partial charge in [0, 0.05) is 5.92 Å². The number of hydrogen-bond donors (Lipinski definition) is 1. The van der Waals surface area contributed by atoms with E-state index in [-0.39, 0.29) is 11.6 Å². The monoisotopic (exact) mass is 265 g/mol. The van der Waals surface area contributed by atoms with Crippen LogP contribution >= 0.6 is 11.3 Å². The molecule has 0 aliphatic heterocycles. The molecule has 0 saturated carbocycles. The summed E-state index contributed by atoms with van der Waals surface area (Å²) in [4.78, 5) is 16.1. The van der Waals surface area contributed by atoms with Crippen molar-refractivity contribution in [2.45, 2.75) is 32.6 Å². The van der Waals surface area contributed by atoms with E-state index in [2.05, 4.69) is 11.9 Å². The van der Waals surface area contributed by atoms with Gasteiger partial charge in [-0.25, -0.2) is 9.78 Å². The highest BCUT2D eigenvalue weighted by Crippen LogP contribution is 2.31. The molecule has 2 rings (SSSR count). The predicted molar refractivity (Wildman–Crippen MR) is 70.1 cm³/mol. The molecule has 18 heavy (non-hydrogen) atoms. The molecule has 0 aliphatic rings. The van der Waals surface area contributed by atoms with Crippen LogP contribution in [-0.2, 0) is 0 Å². The molecule has 1 atom stereocenters. The van der Waals surface area contributed by atoms with Crippen LogP contribution in [-0.4, -0.2) is 16.1 Å². The summed E-state index contributed by atoms with van der Waals surface area (Å²) in [5.41, 5.74) is 0.0411. The maximum absolute atomic E-state index is 11.2. The second-order valence-corrected chi connectivity index (χ2v) is 5.15. The molecule has 2 aromatic rings. The average molecular weight is 265 g/mol. The maximum Gasteiger partial charge on any atom is 0.358 e. The molecule has 0 fully saturated rings. The van der Waals surface area contributed by atoms with Crippen LogP contribution in [0.2, 0.25) is 0 Å². The zero-order chi connectivity index (χ0) is 13.1. The van der Waals surface area contributed by atoms with Crippen LogP contribution in [0.4, 0.5) is 0 Å². The molecule has 2 aromatic heterocycles. The molecule has 96 valence electrons. The van der Waals surface area contributed by atoms with Gasteiger partial charge in [0.1, 0.15) is 5.76 Å². The van der Waals surface area contributed by atoms with Crippen LogP contribution in [0.15, 0.2) is 21.9 Å². The predicted octanol–water partition coefficient (Wildman–Crippen LogP) is 4.00. The van der Waals surface area contributed by atoms with Crippen molar-refractivity contribution in [1.82, 2.24) is 4.98 Å². The maximum atomic E-state index is 11.2. The molecule has 5 heteroatoms. The van der Waals surface area contributed by atoms with Gasteiger partial charge in [0.05, 0.1) is 4.88 Å². The number of carbonyl (C=O) groups is 1. The summed E-state index contributed by atoms with van der Waals surface area (Å²) < 4.78 is 5.65. The number of hydrogen-bond acceptors (Lipinski definition) is 4. The van der Waals surface area contributed by atoms with Crippen molar-refractivity contribution in [2.75, 3.05) is 0 Å². The molecule has 0 saturated heterocycles. The summed E-state index contributed by atoms with van der Waals surface area (Å²) in [6, 6.07) is 3.76. The number of carboxylic acid groups (broad SMARTS) is 1. The van der Waals surface area contributed by atoms with Crippen LogP contribution < -0.4 is 0 Å². The third-order valence-corrected chi connectivity index (χ3v) is 3.62. The van der Waals surface area contributed by atoms with E-state index in [0.29, 0.717) is 11.7 Å². The molecule has 0 radical (unpaired) electrons. The topological polar surface area (TPSA) is 63.3 Å². The third kappa shape index (κ3) is 2.46. The van der Waals surface area contributed by atoms with Crippen molar-refractivity contribution in [2.24, 2.45) is 0 Å². The first-order valence-electron chi connectivity index (χ1n) is 5.91. The van der Waals surface area contributed by atoms with Gasteiger partial charge >= 0.3 is 5.97 Å². The van der Waals surface area contributed by atoms with Crippen molar-refractivity contribution in [3.8, 4) is 10.8 Å². The van der Waals surface area contributed by atoms with Gasteiger partial charge < -0.3 is 9.52 Å². The highest BCUT2D eigenvalue weighted by atomic mass is 32.1. The Morgan fingerprint density at radius 2 is 2.39 bits per heavy atom. The Kier molecular flexibility index (Phi) is 3.81. The van der Waals surface area contributed by atoms with Gasteiger partial charge in [0.15, 0.2) is 5.69 Å². The molecule has 0 bridgehead atoms. The molecule has 0 aliphatic carbocycles. The lowest BCUT2D eigenvalue weighted by molar-refractivity contribution is 0.0688. The number of rotatable bonds is 5. The largest absolute Gasteiger partial charge is 0.476 e. The van der Waals surface area contributed by atoms with Gasteiger partial charge in [-0.05, 0) is 17.9 Å². The average Bonchev–Trinajstić information content (AvgIpc) is 2.98. The summed E-state index contributed by atoms with van der Waals surface area (Å²) in [6.45, 7) is 4.03. The van der Waals surface area contributed by atoms with E-state index in [9.17, 15) is 9.90 Å². The third-order valence-electron chi connectivity index (χ3n) is 2.76. The van der Waals surface area contributed by atoms with Gasteiger partial charge in [-0.1, -0.05) is 26.3 Å². The molecule has 1 unspecified atom stereocenters. The Hall–Kier alpha value is -1.62. The van der Waals surface area contributed by atoms with Crippen LogP contribution in [0.25, 0.3) is 10.8 Å². The number of oxazole rings is 1. The van der Waals surface area contributed by atoms with Crippen LogP contribution in [0.3, 0.4) is 0 Å². The zero-order valence-electron chi connectivity index (χ0n) is 10.3. The molecule has 4 nitrogen and oxygen atoms in total. The summed E-state index contributed by atoms with van der Waals surface area (Å²) >= 11 is 1.49. The molecule has 0 aromatic carbocycles. The fourth-order valence-corrected chi connectivity index (χ4v) is 2.54. The SMILES string of the molecule is CCCC(C)c1oc(-c2cccs2)nc1C(=O)O. The Morgan fingerprint density at radius 1 is 1.61 bits per heavy atom. The van der Waals surface area contributed by atoms with Crippen molar-refractivity contribution in [1.29, 1.82) is 0 Å². The number of aromatic carboxylic acids is 1. The van der Waals surface area contributed by atoms with Crippen LogP contribution in [0.5, 0.6) is 0 Å². The standard InChI is InChI=1S/C13H15NO3S/c1-3-5-8(2)11-10(13(15)16)14-12(17-11)9-6-4-7-18-9/h4,6-8H,3,5H2,1-2H3,(H,15,16). The molecular formula is C13H15NO3S. The summed E-state index contributed by atoms with van der Waals surface area (Å²) in [5, 5.41) is 11.1. The Labute approximate surface area is 109 Å². The summed E-state index contributed by atoms with van der Waals surface area (Å²) in [6.07, 6.45) is 1.87. The van der Waals surface area contributed by atoms with Gasteiger partial charge in [-0.2, -0.15) is 0 Å². The smallest absolute Gasteiger partial charge is 0.358 e. The second-order valence-electron chi connectivity index (χ2n) is 4.20. The quantitative estimate of drug-likeness (QED) is 0.887. The fraction of sp³-hybridized carbons (Fsp3) is 0.385. The van der Waals surface area contributed by atoms with Crippen molar-refractivity contribution >= 4 is 17.3 Å². The minimum absolute atomic E-state index is 0.0411. The normalized spacial score (nSPS) is 12.6. The second kappa shape index (κ2) is 5.35. The van der Waals surface area contributed by atoms with E-state index in [0.717, 1.165) is 17.7 Å². The molecule has 0 spiro atoms. The first-order valence-corrected chi connectivity index (χ1v) is 6.79. The lowest BCUT2D eigenvalue weighted by atomic mass is 10.0. The lowest BCUT2D eigenvalue weighted by Crippen LogP contribution is -2.03. The van der Waals surface area contributed by atoms with Gasteiger partial charge in [0.2, 0.25) is 5.89 Å². The van der Waals surface area contributed by atoms with E-state index in [1.807, 2.05) is 24.4 Å². The number of carboxylic acids is 1. The van der Waals surface area contributed by atoms with Crippen molar-refractivity contribution < 1.29 is 14.3 Å². The first kappa shape index (κ1) is 12.8. The Morgan fingerprint density at radius 3 is 2.94 bits per heavy atom. The van der Waals surface area contributed by atoms with Gasteiger partial charge in [-0.3, -0.25) is 0 Å². The van der Waals surface area contributed by atoms with Gasteiger partial charge in [0.25, 0.3) is 0 Å². The van der Waals surface area contributed by atoms with E-state index in [1.54, 1.807) is 0 Å². The molecule has 0 amide bonds. The minimum atomic E-state index is -1.03. The summed E-state index contributed by atoms with van der Waals surface area (Å²) in [7, 11) is 0. The Bertz CT molecular complexity index is 530. The molecule has 2 heterocycles. The highest BCUT2D eigenvalue weighted by Gasteiger charge is 2.24. The van der Waals surface area contributed by atoms with E-state index in [1.165, 1.54) is 11.3 Å². The van der Waals surface area contributed by atoms with Crippen molar-refractivity contribution in [3.63, 3.8) is 0 Å². The number of aromatic nitrogens is 1. The summed E-state index contributed by atoms with van der Waals surface area (Å²) in [5.74, 6) is -0.0741. The van der Waals surface area contributed by atoms with Crippen LogP contribution in [0, 0.1) is 0 Å². The molecule has 1 N–H and O–H groups in total.